The lowest BCUT2D eigenvalue weighted by atomic mass is 10.0. The molecule has 0 aliphatic heterocycles. The number of aryl methyl sites for hydroxylation is 1. The van der Waals surface area contributed by atoms with Crippen LogP contribution in [0.15, 0.2) is 91.0 Å². The van der Waals surface area contributed by atoms with Crippen molar-refractivity contribution in [2.45, 2.75) is 18.6 Å². The van der Waals surface area contributed by atoms with E-state index >= 15 is 0 Å². The number of methoxy groups -OCH3 is 1. The van der Waals surface area contributed by atoms with Crippen LogP contribution in [-0.2, 0) is 20.7 Å². The highest BCUT2D eigenvalue weighted by molar-refractivity contribution is 7.99. The largest absolute Gasteiger partial charge is 0.481 e. The molecule has 0 saturated carbocycles. The highest BCUT2D eigenvalue weighted by atomic mass is 35.5. The second kappa shape index (κ2) is 14.2. The van der Waals surface area contributed by atoms with Crippen LogP contribution < -0.4 is 4.74 Å². The van der Waals surface area contributed by atoms with Crippen molar-refractivity contribution in [3.63, 3.8) is 0 Å². The van der Waals surface area contributed by atoms with Crippen molar-refractivity contribution in [2.24, 2.45) is 0 Å². The summed E-state index contributed by atoms with van der Waals surface area (Å²) >= 11 is 7.76. The summed E-state index contributed by atoms with van der Waals surface area (Å²) in [5.74, 6) is 1.66. The number of carbonyl (C=O) groups excluding carboxylic acids is 1. The Hall–Kier alpha value is -3.03. The lowest BCUT2D eigenvalue weighted by molar-refractivity contribution is -0.142. The zero-order valence-electron chi connectivity index (χ0n) is 21.2. The van der Waals surface area contributed by atoms with Crippen molar-refractivity contribution in [3.05, 3.63) is 113 Å². The van der Waals surface area contributed by atoms with Gasteiger partial charge in [0.2, 0.25) is 0 Å². The normalized spacial score (nSPS) is 12.7. The lowest BCUT2D eigenvalue weighted by Gasteiger charge is -2.21. The molecule has 0 bridgehead atoms. The average molecular weight is 551 g/mol. The zero-order valence-corrected chi connectivity index (χ0v) is 22.8. The number of benzene rings is 4. The number of thioether (sulfide) groups is 1. The molecule has 0 heterocycles. The summed E-state index contributed by atoms with van der Waals surface area (Å²) in [7, 11) is 1.34. The molecule has 0 aliphatic rings. The third-order valence-corrected chi connectivity index (χ3v) is 7.47. The van der Waals surface area contributed by atoms with E-state index in [4.69, 9.17) is 21.1 Å². The van der Waals surface area contributed by atoms with E-state index in [1.807, 2.05) is 78.9 Å². The van der Waals surface area contributed by atoms with E-state index in [-0.39, 0.29) is 19.3 Å². The van der Waals surface area contributed by atoms with Gasteiger partial charge in [0.25, 0.3) is 0 Å². The third-order valence-electron chi connectivity index (χ3n) is 6.10. The molecule has 198 valence electrons. The average Bonchev–Trinajstić information content (AvgIpc) is 2.95. The fourth-order valence-electron chi connectivity index (χ4n) is 4.19. The molecule has 0 spiro atoms. The molecule has 4 aromatic carbocycles. The maximum absolute atomic E-state index is 11.5. The Balaban J connectivity index is 1.30. The van der Waals surface area contributed by atoms with E-state index in [2.05, 4.69) is 16.9 Å². The van der Waals surface area contributed by atoms with E-state index < -0.39 is 12.1 Å². The van der Waals surface area contributed by atoms with Crippen LogP contribution in [-0.4, -0.2) is 49.0 Å². The number of ether oxygens (including phenoxy) is 3. The van der Waals surface area contributed by atoms with Crippen LogP contribution in [0.1, 0.15) is 22.8 Å². The number of hydrogen-bond donors (Lipinski definition) is 1. The van der Waals surface area contributed by atoms with E-state index in [0.29, 0.717) is 16.5 Å². The Morgan fingerprint density at radius 2 is 1.61 bits per heavy atom. The third kappa shape index (κ3) is 7.74. The molecule has 0 fully saturated rings. The second-order valence-electron chi connectivity index (χ2n) is 8.79. The number of hydrogen-bond acceptors (Lipinski definition) is 6. The summed E-state index contributed by atoms with van der Waals surface area (Å²) in [4.78, 5) is 11.5. The lowest BCUT2D eigenvalue weighted by Crippen LogP contribution is -2.21. The van der Waals surface area contributed by atoms with Gasteiger partial charge in [-0.15, -0.1) is 0 Å². The minimum Gasteiger partial charge on any atom is -0.481 e. The Morgan fingerprint density at radius 3 is 2.37 bits per heavy atom. The summed E-state index contributed by atoms with van der Waals surface area (Å²) in [6.07, 6.45) is -0.0308. The van der Waals surface area contributed by atoms with Gasteiger partial charge in [0, 0.05) is 16.2 Å². The summed E-state index contributed by atoms with van der Waals surface area (Å²) in [6.45, 7) is 0.100. The van der Waals surface area contributed by atoms with E-state index in [9.17, 15) is 9.90 Å². The maximum Gasteiger partial charge on any atom is 0.343 e. The van der Waals surface area contributed by atoms with Gasteiger partial charge in [-0.05, 0) is 52.4 Å². The fourth-order valence-corrected chi connectivity index (χ4v) is 5.22. The maximum atomic E-state index is 11.5. The summed E-state index contributed by atoms with van der Waals surface area (Å²) < 4.78 is 16.5. The standard InChI is InChI=1S/C31H31ClO5S/c1-35-30(34)20-36-29-12-6-10-27-22(9-5-11-28(27)29)17-18-38-21-26(33)19-37-31(23-7-3-2-4-8-23)24-13-15-25(32)16-14-24/h2-16,26,31,33H,17-21H2,1H3. The molecule has 4 rings (SSSR count). The molecule has 0 amide bonds. The van der Waals surface area contributed by atoms with Gasteiger partial charge in [0.15, 0.2) is 6.61 Å². The smallest absolute Gasteiger partial charge is 0.343 e. The van der Waals surface area contributed by atoms with Gasteiger partial charge in [-0.25, -0.2) is 4.79 Å². The van der Waals surface area contributed by atoms with Crippen LogP contribution in [0.4, 0.5) is 0 Å². The molecule has 2 unspecified atom stereocenters. The molecule has 0 saturated heterocycles. The van der Waals surface area contributed by atoms with Crippen LogP contribution in [0.25, 0.3) is 10.8 Å². The summed E-state index contributed by atoms with van der Waals surface area (Å²) in [5, 5.41) is 13.4. The molecule has 5 nitrogen and oxygen atoms in total. The number of halogens is 1. The van der Waals surface area contributed by atoms with Crippen molar-refractivity contribution in [3.8, 4) is 5.75 Å². The van der Waals surface area contributed by atoms with Crippen LogP contribution in [0, 0.1) is 0 Å². The minimum atomic E-state index is -0.593. The molecule has 38 heavy (non-hydrogen) atoms. The quantitative estimate of drug-likeness (QED) is 0.152. The minimum absolute atomic E-state index is 0.126. The molecular weight excluding hydrogens is 520 g/mol. The first-order valence-electron chi connectivity index (χ1n) is 12.4. The van der Waals surface area contributed by atoms with Crippen LogP contribution in [0.3, 0.4) is 0 Å². The molecular formula is C31H31ClO5S. The first-order chi connectivity index (χ1) is 18.5. The van der Waals surface area contributed by atoms with Crippen molar-refractivity contribution >= 4 is 40.1 Å². The topological polar surface area (TPSA) is 65.0 Å². The number of aliphatic hydroxyl groups is 1. The van der Waals surface area contributed by atoms with Gasteiger partial charge in [0.05, 0.1) is 19.8 Å². The molecule has 1 N–H and O–H groups in total. The number of rotatable bonds is 13. The van der Waals surface area contributed by atoms with Gasteiger partial charge < -0.3 is 19.3 Å². The monoisotopic (exact) mass is 550 g/mol. The molecule has 7 heteroatoms. The number of fused-ring (bicyclic) bond motifs is 1. The Labute approximate surface area is 232 Å². The fraction of sp³-hybridized carbons (Fsp3) is 0.258. The van der Waals surface area contributed by atoms with Crippen molar-refractivity contribution in [1.82, 2.24) is 0 Å². The molecule has 0 aliphatic carbocycles. The molecule has 4 aromatic rings. The van der Waals surface area contributed by atoms with E-state index in [1.54, 1.807) is 11.8 Å². The van der Waals surface area contributed by atoms with Crippen molar-refractivity contribution < 1.29 is 24.1 Å². The predicted octanol–water partition coefficient (Wildman–Crippen LogP) is 6.49. The van der Waals surface area contributed by atoms with Crippen LogP contribution in [0.2, 0.25) is 5.02 Å². The molecule has 0 aromatic heterocycles. The number of esters is 1. The first-order valence-corrected chi connectivity index (χ1v) is 14.0. The highest BCUT2D eigenvalue weighted by Gasteiger charge is 2.17. The van der Waals surface area contributed by atoms with Gasteiger partial charge >= 0.3 is 5.97 Å². The van der Waals surface area contributed by atoms with Crippen molar-refractivity contribution in [2.75, 3.05) is 31.8 Å². The van der Waals surface area contributed by atoms with Crippen LogP contribution in [0.5, 0.6) is 5.75 Å². The molecule has 2 atom stereocenters. The van der Waals surface area contributed by atoms with E-state index in [0.717, 1.165) is 34.1 Å². The first kappa shape index (κ1) is 28.0. The predicted molar refractivity (Wildman–Crippen MR) is 154 cm³/mol. The summed E-state index contributed by atoms with van der Waals surface area (Å²) in [5.41, 5.74) is 3.21. The van der Waals surface area contributed by atoms with Gasteiger partial charge in [0.1, 0.15) is 11.9 Å². The zero-order chi connectivity index (χ0) is 26.7. The Morgan fingerprint density at radius 1 is 0.895 bits per heavy atom. The van der Waals surface area contributed by atoms with Gasteiger partial charge in [-0.3, -0.25) is 0 Å². The molecule has 0 radical (unpaired) electrons. The highest BCUT2D eigenvalue weighted by Crippen LogP contribution is 2.30. The SMILES string of the molecule is COC(=O)COc1cccc2c(CCSCC(O)COC(c3ccccc3)c3ccc(Cl)cc3)cccc12. The number of aliphatic hydroxyl groups excluding tert-OH is 1. The van der Waals surface area contributed by atoms with Crippen LogP contribution >= 0.6 is 23.4 Å². The second-order valence-corrected chi connectivity index (χ2v) is 10.4. The van der Waals surface area contributed by atoms with Gasteiger partial charge in [-0.2, -0.15) is 11.8 Å². The summed E-state index contributed by atoms with van der Waals surface area (Å²) in [6, 6.07) is 29.5. The van der Waals surface area contributed by atoms with Crippen molar-refractivity contribution in [1.29, 1.82) is 0 Å². The Bertz CT molecular complexity index is 1310. The Kier molecular flexibility index (Phi) is 10.5. The van der Waals surface area contributed by atoms with E-state index in [1.165, 1.54) is 12.7 Å². The number of carbonyl (C=O) groups is 1. The van der Waals surface area contributed by atoms with Gasteiger partial charge in [-0.1, -0.05) is 84.4 Å².